The molecule has 3 heteroatoms. The minimum Gasteiger partial charge on any atom is -0.384 e. The van der Waals surface area contributed by atoms with Crippen molar-refractivity contribution in [2.24, 2.45) is 0 Å². The van der Waals surface area contributed by atoms with Crippen LogP contribution in [0.2, 0.25) is 5.02 Å². The molecule has 0 saturated heterocycles. The molecule has 1 aromatic rings. The Hall–Kier alpha value is -1.04. The maximum absolute atomic E-state index is 9.81. The van der Waals surface area contributed by atoms with Gasteiger partial charge in [0.15, 0.2) is 0 Å². The van der Waals surface area contributed by atoms with Crippen molar-refractivity contribution in [2.45, 2.75) is 18.9 Å². The van der Waals surface area contributed by atoms with Crippen LogP contribution in [0.3, 0.4) is 0 Å². The Bertz CT molecular complexity index is 324. The van der Waals surface area contributed by atoms with E-state index in [0.29, 0.717) is 10.6 Å². The summed E-state index contributed by atoms with van der Waals surface area (Å²) < 4.78 is 0. The summed E-state index contributed by atoms with van der Waals surface area (Å²) in [5, 5.41) is 18.9. The van der Waals surface area contributed by atoms with Crippen molar-refractivity contribution in [2.75, 3.05) is 0 Å². The molecule has 0 saturated carbocycles. The average molecular weight is 196 g/mol. The fourth-order valence-corrected chi connectivity index (χ4v) is 1.19. The predicted octanol–water partition coefficient (Wildman–Crippen LogP) is 2.46. The van der Waals surface area contributed by atoms with Gasteiger partial charge in [-0.3, -0.25) is 0 Å². The molecule has 1 N–H and O–H groups in total. The molecule has 1 rings (SSSR count). The molecule has 0 aliphatic rings. The Labute approximate surface area is 82.4 Å². The van der Waals surface area contributed by atoms with Gasteiger partial charge in [0.2, 0.25) is 0 Å². The van der Waals surface area contributed by atoms with E-state index in [1.54, 1.807) is 31.2 Å². The average Bonchev–Trinajstić information content (AvgIpc) is 2.05. The maximum atomic E-state index is 9.81. The summed E-state index contributed by atoms with van der Waals surface area (Å²) in [5.41, 5.74) is -0.377. The third-order valence-corrected chi connectivity index (χ3v) is 2.14. The lowest BCUT2D eigenvalue weighted by molar-refractivity contribution is 0.0624. The minimum absolute atomic E-state index is 0.0780. The normalized spacial score (nSPS) is 14.6. The lowest BCUT2D eigenvalue weighted by Gasteiger charge is -2.20. The Kier molecular flexibility index (Phi) is 2.92. The SMILES string of the molecule is CC(O)(CC#N)c1ccc(Cl)cc1. The molecule has 0 spiro atoms. The van der Waals surface area contributed by atoms with Gasteiger partial charge in [-0.2, -0.15) is 5.26 Å². The molecule has 0 bridgehead atoms. The van der Waals surface area contributed by atoms with Crippen LogP contribution in [0.25, 0.3) is 0 Å². The highest BCUT2D eigenvalue weighted by Crippen LogP contribution is 2.24. The van der Waals surface area contributed by atoms with Gasteiger partial charge in [-0.25, -0.2) is 0 Å². The molecular weight excluding hydrogens is 186 g/mol. The summed E-state index contributed by atoms with van der Waals surface area (Å²) in [6.07, 6.45) is 0.0780. The van der Waals surface area contributed by atoms with E-state index in [2.05, 4.69) is 0 Å². The van der Waals surface area contributed by atoms with Gasteiger partial charge < -0.3 is 5.11 Å². The molecule has 0 aliphatic heterocycles. The van der Waals surface area contributed by atoms with Crippen LogP contribution in [0.4, 0.5) is 0 Å². The quantitative estimate of drug-likeness (QED) is 0.788. The molecule has 1 unspecified atom stereocenters. The smallest absolute Gasteiger partial charge is 0.0997 e. The molecule has 0 amide bonds. The number of hydrogen-bond donors (Lipinski definition) is 1. The first-order chi connectivity index (χ1) is 6.06. The van der Waals surface area contributed by atoms with Crippen LogP contribution in [0.1, 0.15) is 18.9 Å². The zero-order valence-electron chi connectivity index (χ0n) is 7.29. The van der Waals surface area contributed by atoms with E-state index in [1.807, 2.05) is 6.07 Å². The summed E-state index contributed by atoms with van der Waals surface area (Å²) in [4.78, 5) is 0. The Morgan fingerprint density at radius 2 is 2.00 bits per heavy atom. The highest BCUT2D eigenvalue weighted by molar-refractivity contribution is 6.30. The van der Waals surface area contributed by atoms with Gasteiger partial charge in [0.05, 0.1) is 18.1 Å². The van der Waals surface area contributed by atoms with Crippen molar-refractivity contribution in [3.05, 3.63) is 34.9 Å². The van der Waals surface area contributed by atoms with Gasteiger partial charge in [0, 0.05) is 5.02 Å². The molecule has 2 nitrogen and oxygen atoms in total. The first-order valence-corrected chi connectivity index (χ1v) is 4.29. The minimum atomic E-state index is -1.08. The number of halogens is 1. The molecule has 0 fully saturated rings. The summed E-state index contributed by atoms with van der Waals surface area (Å²) in [7, 11) is 0. The van der Waals surface area contributed by atoms with E-state index >= 15 is 0 Å². The predicted molar refractivity (Wildman–Crippen MR) is 51.3 cm³/mol. The summed E-state index contributed by atoms with van der Waals surface area (Å²) in [6.45, 7) is 1.61. The van der Waals surface area contributed by atoms with Crippen LogP contribution in [0, 0.1) is 11.3 Å². The first kappa shape index (κ1) is 10.0. The lowest BCUT2D eigenvalue weighted by atomic mass is 9.93. The van der Waals surface area contributed by atoms with Crippen molar-refractivity contribution < 1.29 is 5.11 Å². The van der Waals surface area contributed by atoms with Gasteiger partial charge in [-0.05, 0) is 24.6 Å². The molecule has 13 heavy (non-hydrogen) atoms. The molecule has 0 aromatic heterocycles. The second-order valence-corrected chi connectivity index (χ2v) is 3.55. The number of aliphatic hydroxyl groups is 1. The van der Waals surface area contributed by atoms with Crippen LogP contribution in [0.5, 0.6) is 0 Å². The maximum Gasteiger partial charge on any atom is 0.0997 e. The third-order valence-electron chi connectivity index (χ3n) is 1.89. The van der Waals surface area contributed by atoms with E-state index < -0.39 is 5.60 Å². The van der Waals surface area contributed by atoms with E-state index in [1.165, 1.54) is 0 Å². The Morgan fingerprint density at radius 3 is 2.46 bits per heavy atom. The highest BCUT2D eigenvalue weighted by Gasteiger charge is 2.22. The first-order valence-electron chi connectivity index (χ1n) is 3.91. The molecule has 0 heterocycles. The number of benzene rings is 1. The van der Waals surface area contributed by atoms with Crippen molar-refractivity contribution in [1.82, 2.24) is 0 Å². The largest absolute Gasteiger partial charge is 0.384 e. The van der Waals surface area contributed by atoms with Crippen molar-refractivity contribution in [1.29, 1.82) is 5.26 Å². The molecule has 1 aromatic carbocycles. The molecule has 0 aliphatic carbocycles. The van der Waals surface area contributed by atoms with Crippen LogP contribution in [-0.2, 0) is 5.60 Å². The molecule has 68 valence electrons. The Balaban J connectivity index is 2.95. The van der Waals surface area contributed by atoms with Crippen LogP contribution >= 0.6 is 11.6 Å². The van der Waals surface area contributed by atoms with Gasteiger partial charge >= 0.3 is 0 Å². The Morgan fingerprint density at radius 1 is 1.46 bits per heavy atom. The zero-order chi connectivity index (χ0) is 9.90. The number of hydrogen-bond acceptors (Lipinski definition) is 2. The van der Waals surface area contributed by atoms with E-state index in [4.69, 9.17) is 16.9 Å². The number of rotatable bonds is 2. The van der Waals surface area contributed by atoms with Crippen LogP contribution in [0.15, 0.2) is 24.3 Å². The summed E-state index contributed by atoms with van der Waals surface area (Å²) in [6, 6.07) is 8.78. The summed E-state index contributed by atoms with van der Waals surface area (Å²) >= 11 is 5.69. The van der Waals surface area contributed by atoms with E-state index in [-0.39, 0.29) is 6.42 Å². The lowest BCUT2D eigenvalue weighted by Crippen LogP contribution is -2.19. The van der Waals surface area contributed by atoms with Crippen molar-refractivity contribution in [3.8, 4) is 6.07 Å². The fraction of sp³-hybridized carbons (Fsp3) is 0.300. The number of nitrogens with zero attached hydrogens (tertiary/aromatic N) is 1. The van der Waals surface area contributed by atoms with E-state index in [0.717, 1.165) is 0 Å². The van der Waals surface area contributed by atoms with E-state index in [9.17, 15) is 5.11 Å². The molecular formula is C10H10ClNO. The standard InChI is InChI=1S/C10H10ClNO/c1-10(13,6-7-12)8-2-4-9(11)5-3-8/h2-5,13H,6H2,1H3. The second kappa shape index (κ2) is 3.78. The van der Waals surface area contributed by atoms with Gasteiger partial charge in [0.25, 0.3) is 0 Å². The zero-order valence-corrected chi connectivity index (χ0v) is 8.04. The third kappa shape index (κ3) is 2.45. The van der Waals surface area contributed by atoms with Gasteiger partial charge in [0.1, 0.15) is 0 Å². The topological polar surface area (TPSA) is 44.0 Å². The summed E-state index contributed by atoms with van der Waals surface area (Å²) in [5.74, 6) is 0. The molecule has 0 radical (unpaired) electrons. The fourth-order valence-electron chi connectivity index (χ4n) is 1.06. The van der Waals surface area contributed by atoms with Crippen molar-refractivity contribution >= 4 is 11.6 Å². The van der Waals surface area contributed by atoms with Crippen LogP contribution in [-0.4, -0.2) is 5.11 Å². The van der Waals surface area contributed by atoms with Crippen LogP contribution < -0.4 is 0 Å². The number of nitriles is 1. The van der Waals surface area contributed by atoms with Gasteiger partial charge in [-0.15, -0.1) is 0 Å². The monoisotopic (exact) mass is 195 g/mol. The molecule has 1 atom stereocenters. The second-order valence-electron chi connectivity index (χ2n) is 3.12. The highest BCUT2D eigenvalue weighted by atomic mass is 35.5. The van der Waals surface area contributed by atoms with Crippen molar-refractivity contribution in [3.63, 3.8) is 0 Å². The van der Waals surface area contributed by atoms with Gasteiger partial charge in [-0.1, -0.05) is 23.7 Å².